The minimum atomic E-state index is -1.10. The van der Waals surface area contributed by atoms with Gasteiger partial charge in [-0.2, -0.15) is 11.8 Å². The lowest BCUT2D eigenvalue weighted by atomic mass is 10.1. The van der Waals surface area contributed by atoms with Crippen LogP contribution in [0, 0.1) is 0 Å². The summed E-state index contributed by atoms with van der Waals surface area (Å²) >= 11 is 1.88. The van der Waals surface area contributed by atoms with Crippen molar-refractivity contribution in [2.24, 2.45) is 0 Å². The Bertz CT molecular complexity index is 481. The Hall–Kier alpha value is -1.56. The zero-order chi connectivity index (χ0) is 13.9. The summed E-state index contributed by atoms with van der Waals surface area (Å²) in [5.41, 5.74) is 0.325. The predicted molar refractivity (Wildman–Crippen MR) is 73.6 cm³/mol. The number of carbonyl (C=O) groups is 2. The molecule has 1 atom stereocenters. The Morgan fingerprint density at radius 1 is 1.53 bits per heavy atom. The van der Waals surface area contributed by atoms with Gasteiger partial charge in [0, 0.05) is 17.5 Å². The molecule has 6 heteroatoms. The number of nitrogens with zero attached hydrogens (tertiary/aromatic N) is 1. The topological polar surface area (TPSA) is 79.3 Å². The molecule has 0 saturated carbocycles. The van der Waals surface area contributed by atoms with Crippen LogP contribution in [0.1, 0.15) is 40.6 Å². The average Bonchev–Trinajstić information content (AvgIpc) is 2.83. The van der Waals surface area contributed by atoms with Gasteiger partial charge in [0.2, 0.25) is 0 Å². The zero-order valence-corrected chi connectivity index (χ0v) is 11.5. The van der Waals surface area contributed by atoms with Gasteiger partial charge in [0.05, 0.1) is 5.56 Å². The highest BCUT2D eigenvalue weighted by Gasteiger charge is 2.29. The largest absolute Gasteiger partial charge is 0.477 e. The molecule has 1 aromatic rings. The van der Waals surface area contributed by atoms with E-state index in [1.807, 2.05) is 11.8 Å². The van der Waals surface area contributed by atoms with Crippen LogP contribution in [-0.2, 0) is 0 Å². The number of thioether (sulfide) groups is 1. The van der Waals surface area contributed by atoms with Crippen molar-refractivity contribution in [1.82, 2.24) is 10.3 Å². The maximum Gasteiger partial charge on any atom is 0.354 e. The minimum Gasteiger partial charge on any atom is -0.477 e. The monoisotopic (exact) mass is 280 g/mol. The second-order valence-electron chi connectivity index (χ2n) is 4.82. The number of carboxylic acid groups (broad SMARTS) is 1. The molecule has 0 spiro atoms. The lowest BCUT2D eigenvalue weighted by molar-refractivity contribution is 0.0689. The normalized spacial score (nSPS) is 22.2. The Balaban J connectivity index is 1.94. The molecule has 1 aliphatic heterocycles. The van der Waals surface area contributed by atoms with Gasteiger partial charge in [-0.15, -0.1) is 0 Å². The van der Waals surface area contributed by atoms with Crippen LogP contribution in [0.3, 0.4) is 0 Å². The van der Waals surface area contributed by atoms with Crippen molar-refractivity contribution in [3.05, 3.63) is 29.6 Å². The fourth-order valence-electron chi connectivity index (χ4n) is 2.00. The van der Waals surface area contributed by atoms with Crippen LogP contribution in [0.2, 0.25) is 0 Å². The van der Waals surface area contributed by atoms with Gasteiger partial charge in [0.15, 0.2) is 0 Å². The van der Waals surface area contributed by atoms with Gasteiger partial charge in [-0.05, 0) is 37.7 Å². The van der Waals surface area contributed by atoms with Crippen molar-refractivity contribution < 1.29 is 14.7 Å². The lowest BCUT2D eigenvalue weighted by Gasteiger charge is -2.22. The third-order valence-electron chi connectivity index (χ3n) is 3.17. The Kier molecular flexibility index (Phi) is 4.09. The summed E-state index contributed by atoms with van der Waals surface area (Å²) in [6.07, 6.45) is 3.59. The van der Waals surface area contributed by atoms with Crippen molar-refractivity contribution in [3.63, 3.8) is 0 Å². The van der Waals surface area contributed by atoms with Gasteiger partial charge in [-0.1, -0.05) is 0 Å². The number of pyridine rings is 1. The Labute approximate surface area is 115 Å². The third kappa shape index (κ3) is 3.47. The smallest absolute Gasteiger partial charge is 0.354 e. The molecule has 2 N–H and O–H groups in total. The first kappa shape index (κ1) is 13.9. The zero-order valence-electron chi connectivity index (χ0n) is 10.7. The maximum atomic E-state index is 11.9. The van der Waals surface area contributed by atoms with E-state index >= 15 is 0 Å². The number of amides is 1. The number of nitrogens with one attached hydrogen (secondary N) is 1. The van der Waals surface area contributed by atoms with Crippen LogP contribution in [0.4, 0.5) is 0 Å². The van der Waals surface area contributed by atoms with Crippen molar-refractivity contribution in [2.75, 3.05) is 12.3 Å². The predicted octanol–water partition coefficient (Wildman–Crippen LogP) is 1.80. The standard InChI is InChI=1S/C13H16N2O3S/c1-13(5-2-6-19-13)8-15-11(16)9-3-4-10(12(17)18)14-7-9/h3-4,7H,2,5-6,8H2,1H3,(H,15,16)(H,17,18). The molecule has 1 fully saturated rings. The molecule has 19 heavy (non-hydrogen) atoms. The van der Waals surface area contributed by atoms with Gasteiger partial charge in [-0.25, -0.2) is 9.78 Å². The van der Waals surface area contributed by atoms with Gasteiger partial charge < -0.3 is 10.4 Å². The van der Waals surface area contributed by atoms with Gasteiger partial charge in [-0.3, -0.25) is 4.79 Å². The van der Waals surface area contributed by atoms with Crippen LogP contribution >= 0.6 is 11.8 Å². The van der Waals surface area contributed by atoms with Crippen LogP contribution in [0.25, 0.3) is 0 Å². The van der Waals surface area contributed by atoms with Crippen molar-refractivity contribution in [1.29, 1.82) is 0 Å². The molecule has 1 unspecified atom stereocenters. The molecule has 0 bridgehead atoms. The molecule has 1 aromatic heterocycles. The number of carbonyl (C=O) groups excluding carboxylic acids is 1. The Morgan fingerprint density at radius 2 is 2.32 bits per heavy atom. The summed E-state index contributed by atoms with van der Waals surface area (Å²) < 4.78 is 0.115. The summed E-state index contributed by atoms with van der Waals surface area (Å²) in [6, 6.07) is 2.82. The van der Waals surface area contributed by atoms with Gasteiger partial charge in [0.25, 0.3) is 5.91 Å². The van der Waals surface area contributed by atoms with Crippen molar-refractivity contribution in [3.8, 4) is 0 Å². The summed E-state index contributed by atoms with van der Waals surface area (Å²) in [6.45, 7) is 2.77. The van der Waals surface area contributed by atoms with Crippen LogP contribution in [-0.4, -0.2) is 39.0 Å². The van der Waals surface area contributed by atoms with E-state index in [0.29, 0.717) is 12.1 Å². The quantitative estimate of drug-likeness (QED) is 0.879. The summed E-state index contributed by atoms with van der Waals surface area (Å²) in [7, 11) is 0. The molecule has 5 nitrogen and oxygen atoms in total. The highest BCUT2D eigenvalue weighted by molar-refractivity contribution is 8.00. The fourth-order valence-corrected chi connectivity index (χ4v) is 3.24. The average molecular weight is 280 g/mol. The number of carboxylic acids is 1. The molecule has 1 amide bonds. The van der Waals surface area contributed by atoms with E-state index < -0.39 is 5.97 Å². The summed E-state index contributed by atoms with van der Waals surface area (Å²) in [5.74, 6) is -0.165. The van der Waals surface area contributed by atoms with Gasteiger partial charge in [0.1, 0.15) is 5.69 Å². The molecular weight excluding hydrogens is 264 g/mol. The first-order valence-electron chi connectivity index (χ1n) is 6.12. The van der Waals surface area contributed by atoms with Crippen molar-refractivity contribution >= 4 is 23.6 Å². The molecule has 0 aliphatic carbocycles. The number of aromatic carboxylic acids is 1. The number of hydrogen-bond donors (Lipinski definition) is 2. The van der Waals surface area contributed by atoms with Gasteiger partial charge >= 0.3 is 5.97 Å². The van der Waals surface area contributed by atoms with E-state index in [2.05, 4.69) is 17.2 Å². The first-order valence-corrected chi connectivity index (χ1v) is 7.10. The third-order valence-corrected chi connectivity index (χ3v) is 4.71. The molecule has 0 aromatic carbocycles. The van der Waals surface area contributed by atoms with Crippen molar-refractivity contribution in [2.45, 2.75) is 24.5 Å². The molecule has 2 rings (SSSR count). The summed E-state index contributed by atoms with van der Waals surface area (Å²) in [4.78, 5) is 26.3. The van der Waals surface area contributed by atoms with E-state index in [9.17, 15) is 9.59 Å². The SMILES string of the molecule is CC1(CNC(=O)c2ccc(C(=O)O)nc2)CCCS1. The number of aromatic nitrogens is 1. The molecule has 1 aliphatic rings. The van der Waals surface area contributed by atoms with Crippen LogP contribution < -0.4 is 5.32 Å². The van der Waals surface area contributed by atoms with E-state index in [0.717, 1.165) is 12.2 Å². The molecule has 2 heterocycles. The fraction of sp³-hybridized carbons (Fsp3) is 0.462. The second-order valence-corrected chi connectivity index (χ2v) is 6.50. The molecule has 1 saturated heterocycles. The van der Waals surface area contributed by atoms with Crippen LogP contribution in [0.15, 0.2) is 18.3 Å². The number of rotatable bonds is 4. The Morgan fingerprint density at radius 3 is 2.84 bits per heavy atom. The van der Waals surface area contributed by atoms with E-state index in [4.69, 9.17) is 5.11 Å². The molecule has 102 valence electrons. The van der Waals surface area contributed by atoms with E-state index in [1.54, 1.807) is 0 Å². The molecule has 0 radical (unpaired) electrons. The minimum absolute atomic E-state index is 0.0603. The highest BCUT2D eigenvalue weighted by atomic mass is 32.2. The van der Waals surface area contributed by atoms with E-state index in [-0.39, 0.29) is 16.3 Å². The first-order chi connectivity index (χ1) is 9.00. The van der Waals surface area contributed by atoms with E-state index in [1.165, 1.54) is 24.8 Å². The maximum absolute atomic E-state index is 11.9. The summed E-state index contributed by atoms with van der Waals surface area (Å²) in [5, 5.41) is 11.6. The lowest BCUT2D eigenvalue weighted by Crippen LogP contribution is -2.36. The van der Waals surface area contributed by atoms with Crippen LogP contribution in [0.5, 0.6) is 0 Å². The highest BCUT2D eigenvalue weighted by Crippen LogP contribution is 2.36. The number of hydrogen-bond acceptors (Lipinski definition) is 4. The second kappa shape index (κ2) is 5.61. The molecular formula is C13H16N2O3S.